The van der Waals surface area contributed by atoms with Crippen molar-refractivity contribution in [3.63, 3.8) is 0 Å². The average Bonchev–Trinajstić information content (AvgIpc) is 2.64. The predicted molar refractivity (Wildman–Crippen MR) is 104 cm³/mol. The van der Waals surface area contributed by atoms with Gasteiger partial charge < -0.3 is 14.2 Å². The van der Waals surface area contributed by atoms with Gasteiger partial charge in [0.25, 0.3) is 0 Å². The molecular formula is C22H32F2O3. The molecule has 3 nitrogen and oxygen atoms in total. The average molecular weight is 382 g/mol. The lowest BCUT2D eigenvalue weighted by Crippen LogP contribution is -2.12. The van der Waals surface area contributed by atoms with Crippen molar-refractivity contribution in [3.8, 4) is 0 Å². The van der Waals surface area contributed by atoms with Crippen molar-refractivity contribution >= 4 is 5.76 Å². The molecule has 152 valence electrons. The normalized spacial score (nSPS) is 19.9. The van der Waals surface area contributed by atoms with Gasteiger partial charge in [0, 0.05) is 33.4 Å². The van der Waals surface area contributed by atoms with Crippen molar-refractivity contribution in [2.45, 2.75) is 51.4 Å². The quantitative estimate of drug-likeness (QED) is 0.363. The molecule has 1 aliphatic carbocycles. The SMILES string of the molecule is C=C(OCCCOCCCOC)c1c(F)cc(C2CCC(C)CC2)cc1F. The van der Waals surface area contributed by atoms with E-state index in [1.54, 1.807) is 7.11 Å². The lowest BCUT2D eigenvalue weighted by Gasteiger charge is -2.26. The summed E-state index contributed by atoms with van der Waals surface area (Å²) in [6.07, 6.45) is 5.67. The van der Waals surface area contributed by atoms with E-state index in [1.807, 2.05) is 0 Å². The lowest BCUT2D eigenvalue weighted by atomic mass is 9.79. The third kappa shape index (κ3) is 6.89. The molecule has 0 spiro atoms. The number of rotatable bonds is 11. The number of methoxy groups -OCH3 is 1. The van der Waals surface area contributed by atoms with Gasteiger partial charge in [-0.3, -0.25) is 0 Å². The van der Waals surface area contributed by atoms with E-state index in [0.717, 1.165) is 37.7 Å². The maximum absolute atomic E-state index is 14.5. The summed E-state index contributed by atoms with van der Waals surface area (Å²) in [7, 11) is 1.65. The molecule has 1 aliphatic rings. The molecule has 27 heavy (non-hydrogen) atoms. The number of benzene rings is 1. The van der Waals surface area contributed by atoms with Gasteiger partial charge in [-0.05, 0) is 48.8 Å². The fourth-order valence-corrected chi connectivity index (χ4v) is 3.52. The van der Waals surface area contributed by atoms with Crippen LogP contribution in [0.5, 0.6) is 0 Å². The second-order valence-electron chi connectivity index (χ2n) is 7.40. The molecule has 0 N–H and O–H groups in total. The van der Waals surface area contributed by atoms with Gasteiger partial charge in [-0.1, -0.05) is 26.3 Å². The van der Waals surface area contributed by atoms with Crippen molar-refractivity contribution in [1.29, 1.82) is 0 Å². The van der Waals surface area contributed by atoms with Crippen molar-refractivity contribution in [2.24, 2.45) is 5.92 Å². The number of hydrogen-bond donors (Lipinski definition) is 0. The second-order valence-corrected chi connectivity index (χ2v) is 7.40. The van der Waals surface area contributed by atoms with Gasteiger partial charge in [-0.2, -0.15) is 0 Å². The number of halogens is 2. The van der Waals surface area contributed by atoms with Crippen LogP contribution in [-0.2, 0) is 14.2 Å². The third-order valence-electron chi connectivity index (χ3n) is 5.18. The molecule has 0 saturated heterocycles. The summed E-state index contributed by atoms with van der Waals surface area (Å²) in [5.74, 6) is -0.210. The molecular weight excluding hydrogens is 350 g/mol. The van der Waals surface area contributed by atoms with E-state index in [9.17, 15) is 8.78 Å². The minimum Gasteiger partial charge on any atom is -0.493 e. The number of ether oxygens (including phenoxy) is 3. The van der Waals surface area contributed by atoms with Crippen LogP contribution in [0.15, 0.2) is 18.7 Å². The van der Waals surface area contributed by atoms with Crippen molar-refractivity contribution in [3.05, 3.63) is 41.5 Å². The van der Waals surface area contributed by atoms with E-state index in [2.05, 4.69) is 13.5 Å². The van der Waals surface area contributed by atoms with E-state index in [1.165, 1.54) is 12.1 Å². The Morgan fingerprint density at radius 2 is 1.59 bits per heavy atom. The Bertz CT molecular complexity index is 572. The van der Waals surface area contributed by atoms with Crippen LogP contribution in [-0.4, -0.2) is 33.5 Å². The molecule has 0 unspecified atom stereocenters. The van der Waals surface area contributed by atoms with Crippen LogP contribution in [0.4, 0.5) is 8.78 Å². The zero-order chi connectivity index (χ0) is 19.6. The van der Waals surface area contributed by atoms with Gasteiger partial charge >= 0.3 is 0 Å². The van der Waals surface area contributed by atoms with E-state index in [4.69, 9.17) is 14.2 Å². The molecule has 1 aromatic rings. The first-order chi connectivity index (χ1) is 13.0. The fraction of sp³-hybridized carbons (Fsp3) is 0.636. The summed E-state index contributed by atoms with van der Waals surface area (Å²) < 4.78 is 44.8. The van der Waals surface area contributed by atoms with Gasteiger partial charge in [-0.25, -0.2) is 8.78 Å². The monoisotopic (exact) mass is 382 g/mol. The standard InChI is InChI=1S/C22H32F2O3/c1-16-6-8-18(9-7-16)19-14-20(23)22(21(24)15-19)17(2)27-13-5-12-26-11-4-10-25-3/h14-16,18H,2,4-13H2,1,3H3. The van der Waals surface area contributed by atoms with Crippen LogP contribution in [0.1, 0.15) is 62.5 Å². The molecule has 0 bridgehead atoms. The van der Waals surface area contributed by atoms with Crippen LogP contribution >= 0.6 is 0 Å². The summed E-state index contributed by atoms with van der Waals surface area (Å²) in [5.41, 5.74) is 0.585. The Morgan fingerprint density at radius 1 is 1.00 bits per heavy atom. The van der Waals surface area contributed by atoms with Crippen molar-refractivity contribution < 1.29 is 23.0 Å². The highest BCUT2D eigenvalue weighted by atomic mass is 19.1. The van der Waals surface area contributed by atoms with E-state index in [-0.39, 0.29) is 17.2 Å². The molecule has 0 atom stereocenters. The molecule has 1 aromatic carbocycles. The first-order valence-corrected chi connectivity index (χ1v) is 9.90. The molecule has 0 aromatic heterocycles. The van der Waals surface area contributed by atoms with Crippen LogP contribution in [0.3, 0.4) is 0 Å². The summed E-state index contributed by atoms with van der Waals surface area (Å²) in [4.78, 5) is 0. The summed E-state index contributed by atoms with van der Waals surface area (Å²) in [6.45, 7) is 8.06. The molecule has 0 amide bonds. The first-order valence-electron chi connectivity index (χ1n) is 9.90. The van der Waals surface area contributed by atoms with E-state index in [0.29, 0.717) is 38.8 Å². The maximum Gasteiger partial charge on any atom is 0.137 e. The topological polar surface area (TPSA) is 27.7 Å². The van der Waals surface area contributed by atoms with Crippen LogP contribution in [0.2, 0.25) is 0 Å². The molecule has 2 rings (SSSR count). The zero-order valence-corrected chi connectivity index (χ0v) is 16.6. The predicted octanol–water partition coefficient (Wildman–Crippen LogP) is 5.69. The highest BCUT2D eigenvalue weighted by Gasteiger charge is 2.23. The minimum absolute atomic E-state index is 0.0354. The highest BCUT2D eigenvalue weighted by Crippen LogP contribution is 2.37. The second kappa shape index (κ2) is 11.4. The molecule has 0 heterocycles. The summed E-state index contributed by atoms with van der Waals surface area (Å²) in [5, 5.41) is 0. The molecule has 1 saturated carbocycles. The van der Waals surface area contributed by atoms with Crippen LogP contribution < -0.4 is 0 Å². The van der Waals surface area contributed by atoms with Crippen LogP contribution in [0, 0.1) is 17.6 Å². The van der Waals surface area contributed by atoms with Crippen molar-refractivity contribution in [2.75, 3.05) is 33.5 Å². The highest BCUT2D eigenvalue weighted by molar-refractivity contribution is 5.59. The summed E-state index contributed by atoms with van der Waals surface area (Å²) >= 11 is 0. The van der Waals surface area contributed by atoms with Gasteiger partial charge in [-0.15, -0.1) is 0 Å². The van der Waals surface area contributed by atoms with Gasteiger partial charge in [0.1, 0.15) is 17.4 Å². The smallest absolute Gasteiger partial charge is 0.137 e. The van der Waals surface area contributed by atoms with Crippen LogP contribution in [0.25, 0.3) is 5.76 Å². The first kappa shape index (κ1) is 21.8. The fourth-order valence-electron chi connectivity index (χ4n) is 3.52. The lowest BCUT2D eigenvalue weighted by molar-refractivity contribution is 0.0916. The van der Waals surface area contributed by atoms with Gasteiger partial charge in [0.2, 0.25) is 0 Å². The maximum atomic E-state index is 14.5. The minimum atomic E-state index is -0.593. The Balaban J connectivity index is 1.82. The number of hydrogen-bond acceptors (Lipinski definition) is 3. The Kier molecular flexibility index (Phi) is 9.22. The van der Waals surface area contributed by atoms with E-state index < -0.39 is 11.6 Å². The third-order valence-corrected chi connectivity index (χ3v) is 5.18. The molecule has 1 fully saturated rings. The van der Waals surface area contributed by atoms with Gasteiger partial charge in [0.15, 0.2) is 0 Å². The van der Waals surface area contributed by atoms with Gasteiger partial charge in [0.05, 0.1) is 12.2 Å². The Hall–Kier alpha value is -1.46. The zero-order valence-electron chi connectivity index (χ0n) is 16.6. The summed E-state index contributed by atoms with van der Waals surface area (Å²) in [6, 6.07) is 2.90. The largest absolute Gasteiger partial charge is 0.493 e. The Morgan fingerprint density at radius 3 is 2.19 bits per heavy atom. The molecule has 0 aliphatic heterocycles. The van der Waals surface area contributed by atoms with Crippen molar-refractivity contribution in [1.82, 2.24) is 0 Å². The van der Waals surface area contributed by atoms with E-state index >= 15 is 0 Å². The molecule has 0 radical (unpaired) electrons. The Labute approximate surface area is 161 Å². The molecule has 5 heteroatoms.